The predicted molar refractivity (Wildman–Crippen MR) is 92.1 cm³/mol. The van der Waals surface area contributed by atoms with Crippen molar-refractivity contribution in [1.82, 2.24) is 9.78 Å². The zero-order chi connectivity index (χ0) is 17.7. The van der Waals surface area contributed by atoms with Gasteiger partial charge in [-0.25, -0.2) is 9.48 Å². The predicted octanol–water partition coefficient (Wildman–Crippen LogP) is 2.84. The van der Waals surface area contributed by atoms with Gasteiger partial charge in [0.1, 0.15) is 0 Å². The Morgan fingerprint density at radius 2 is 1.88 bits per heavy atom. The van der Waals surface area contributed by atoms with E-state index in [1.807, 2.05) is 6.92 Å². The topological polar surface area (TPSA) is 78.3 Å². The Kier molecular flexibility index (Phi) is 6.03. The van der Waals surface area contributed by atoms with Crippen LogP contribution in [0, 0.1) is 0 Å². The Hall–Kier alpha value is -2.28. The lowest BCUT2D eigenvalue weighted by Crippen LogP contribution is -2.28. The summed E-state index contributed by atoms with van der Waals surface area (Å²) in [5.41, 5.74) is 0.160. The zero-order valence-corrected chi connectivity index (χ0v) is 14.9. The molecule has 7 heteroatoms. The fourth-order valence-corrected chi connectivity index (χ4v) is 2.32. The van der Waals surface area contributed by atoms with Gasteiger partial charge in [-0.15, -0.1) is 0 Å². The minimum Gasteiger partial charge on any atom is -0.449 e. The van der Waals surface area contributed by atoms with Gasteiger partial charge in [0.2, 0.25) is 5.78 Å². The van der Waals surface area contributed by atoms with Gasteiger partial charge in [-0.1, -0.05) is 35.0 Å². The van der Waals surface area contributed by atoms with Crippen LogP contribution >= 0.6 is 15.9 Å². The number of Topliss-reactive ketones (excluding diaryl/α,β-unsaturated/α-hetero) is 1. The monoisotopic (exact) mass is 392 g/mol. The largest absolute Gasteiger partial charge is 0.449 e. The molecule has 0 radical (unpaired) electrons. The first-order valence-corrected chi connectivity index (χ1v) is 8.30. The molecule has 24 heavy (non-hydrogen) atoms. The van der Waals surface area contributed by atoms with E-state index in [1.165, 1.54) is 23.7 Å². The van der Waals surface area contributed by atoms with E-state index >= 15 is 0 Å². The Bertz CT molecular complexity index is 799. The fourth-order valence-electron chi connectivity index (χ4n) is 2.05. The summed E-state index contributed by atoms with van der Waals surface area (Å²) in [7, 11) is 0. The number of rotatable bonds is 6. The van der Waals surface area contributed by atoms with Gasteiger partial charge in [0.15, 0.2) is 11.8 Å². The Morgan fingerprint density at radius 3 is 2.50 bits per heavy atom. The van der Waals surface area contributed by atoms with E-state index in [1.54, 1.807) is 24.3 Å². The van der Waals surface area contributed by atoms with Crippen molar-refractivity contribution in [2.24, 2.45) is 0 Å². The number of hydrogen-bond acceptors (Lipinski definition) is 5. The first kappa shape index (κ1) is 18.1. The molecule has 0 amide bonds. The summed E-state index contributed by atoms with van der Waals surface area (Å²) in [6, 6.07) is 9.34. The summed E-state index contributed by atoms with van der Waals surface area (Å²) >= 11 is 3.29. The smallest absolute Gasteiger partial charge is 0.359 e. The van der Waals surface area contributed by atoms with Crippen molar-refractivity contribution >= 4 is 27.7 Å². The molecule has 1 atom stereocenters. The molecule has 0 saturated carbocycles. The van der Waals surface area contributed by atoms with Crippen molar-refractivity contribution in [1.29, 1.82) is 0 Å². The van der Waals surface area contributed by atoms with Crippen molar-refractivity contribution in [2.45, 2.75) is 32.9 Å². The number of aryl methyl sites for hydroxylation is 1. The van der Waals surface area contributed by atoms with Crippen LogP contribution < -0.4 is 5.56 Å². The molecule has 0 fully saturated rings. The van der Waals surface area contributed by atoms with E-state index in [2.05, 4.69) is 21.0 Å². The van der Waals surface area contributed by atoms with Crippen molar-refractivity contribution in [3.05, 3.63) is 62.5 Å². The van der Waals surface area contributed by atoms with Crippen LogP contribution in [0.15, 0.2) is 45.7 Å². The minimum atomic E-state index is -0.952. The third-order valence-electron chi connectivity index (χ3n) is 3.29. The molecule has 2 aromatic rings. The molecule has 0 aliphatic carbocycles. The number of esters is 1. The summed E-state index contributed by atoms with van der Waals surface area (Å²) in [5.74, 6) is -1.05. The molecule has 1 aromatic heterocycles. The van der Waals surface area contributed by atoms with E-state index in [4.69, 9.17) is 4.74 Å². The maximum absolute atomic E-state index is 12.3. The third-order valence-corrected chi connectivity index (χ3v) is 3.82. The number of carbonyl (C=O) groups excluding carboxylic acids is 2. The minimum absolute atomic E-state index is 0.00138. The number of ether oxygens (including phenoxy) is 1. The zero-order valence-electron chi connectivity index (χ0n) is 13.4. The van der Waals surface area contributed by atoms with Gasteiger partial charge in [0.05, 0.1) is 0 Å². The number of nitrogens with zero attached hydrogens (tertiary/aromatic N) is 2. The van der Waals surface area contributed by atoms with Crippen LogP contribution in [0.3, 0.4) is 0 Å². The lowest BCUT2D eigenvalue weighted by Gasteiger charge is -2.12. The maximum Gasteiger partial charge on any atom is 0.359 e. The lowest BCUT2D eigenvalue weighted by molar-refractivity contribution is 0.0310. The summed E-state index contributed by atoms with van der Waals surface area (Å²) in [4.78, 5) is 36.0. The quantitative estimate of drug-likeness (QED) is 0.557. The van der Waals surface area contributed by atoms with Crippen LogP contribution in [-0.4, -0.2) is 27.6 Å². The number of halogens is 1. The van der Waals surface area contributed by atoms with E-state index in [0.29, 0.717) is 18.5 Å². The highest BCUT2D eigenvalue weighted by Crippen LogP contribution is 2.13. The molecule has 0 bridgehead atoms. The van der Waals surface area contributed by atoms with Gasteiger partial charge in [0, 0.05) is 22.6 Å². The second-order valence-corrected chi connectivity index (χ2v) is 6.11. The van der Waals surface area contributed by atoms with E-state index in [-0.39, 0.29) is 17.0 Å². The normalized spacial score (nSPS) is 11.8. The molecular formula is C17H17BrN2O4. The highest BCUT2D eigenvalue weighted by atomic mass is 79.9. The van der Waals surface area contributed by atoms with Gasteiger partial charge in [-0.2, -0.15) is 5.10 Å². The van der Waals surface area contributed by atoms with E-state index in [0.717, 1.165) is 4.47 Å². The Morgan fingerprint density at radius 1 is 1.21 bits per heavy atom. The van der Waals surface area contributed by atoms with Gasteiger partial charge >= 0.3 is 5.97 Å². The molecule has 1 aromatic carbocycles. The highest BCUT2D eigenvalue weighted by molar-refractivity contribution is 9.10. The molecule has 6 nitrogen and oxygen atoms in total. The molecular weight excluding hydrogens is 376 g/mol. The van der Waals surface area contributed by atoms with Crippen LogP contribution in [0.4, 0.5) is 0 Å². The third kappa shape index (κ3) is 4.38. The molecule has 126 valence electrons. The lowest BCUT2D eigenvalue weighted by atomic mass is 10.1. The Labute approximate surface area is 147 Å². The number of ketones is 1. The molecule has 0 aliphatic heterocycles. The van der Waals surface area contributed by atoms with Crippen molar-refractivity contribution < 1.29 is 14.3 Å². The maximum atomic E-state index is 12.3. The average molecular weight is 393 g/mol. The standard InChI is InChI=1S/C17H17BrN2O4/c1-3-10-20-15(21)9-8-14(19-20)17(23)24-11(2)16(22)12-4-6-13(18)7-5-12/h4-9,11H,3,10H2,1-2H3. The van der Waals surface area contributed by atoms with Gasteiger partial charge in [0.25, 0.3) is 5.56 Å². The van der Waals surface area contributed by atoms with Crippen LogP contribution in [0.25, 0.3) is 0 Å². The second-order valence-electron chi connectivity index (χ2n) is 5.20. The molecule has 0 N–H and O–H groups in total. The Balaban J connectivity index is 2.11. The molecule has 0 saturated heterocycles. The van der Waals surface area contributed by atoms with Crippen LogP contribution in [0.2, 0.25) is 0 Å². The molecule has 1 heterocycles. The van der Waals surface area contributed by atoms with Gasteiger partial charge < -0.3 is 4.74 Å². The van der Waals surface area contributed by atoms with Crippen LogP contribution in [-0.2, 0) is 11.3 Å². The van der Waals surface area contributed by atoms with Crippen molar-refractivity contribution in [3.8, 4) is 0 Å². The van der Waals surface area contributed by atoms with E-state index < -0.39 is 12.1 Å². The number of carbonyl (C=O) groups is 2. The summed E-state index contributed by atoms with van der Waals surface area (Å²) < 4.78 is 7.24. The first-order chi connectivity index (χ1) is 11.4. The molecule has 0 spiro atoms. The highest BCUT2D eigenvalue weighted by Gasteiger charge is 2.21. The molecule has 2 rings (SSSR count). The summed E-state index contributed by atoms with van der Waals surface area (Å²) in [6.45, 7) is 3.82. The molecule has 1 unspecified atom stereocenters. The van der Waals surface area contributed by atoms with E-state index in [9.17, 15) is 14.4 Å². The first-order valence-electron chi connectivity index (χ1n) is 7.51. The number of hydrogen-bond donors (Lipinski definition) is 0. The number of aromatic nitrogens is 2. The number of benzene rings is 1. The molecule has 0 aliphatic rings. The SMILES string of the molecule is CCCn1nc(C(=O)OC(C)C(=O)c2ccc(Br)cc2)ccc1=O. The summed E-state index contributed by atoms with van der Waals surface area (Å²) in [6.07, 6.45) is -0.240. The van der Waals surface area contributed by atoms with Crippen molar-refractivity contribution in [2.75, 3.05) is 0 Å². The van der Waals surface area contributed by atoms with Crippen molar-refractivity contribution in [3.63, 3.8) is 0 Å². The summed E-state index contributed by atoms with van der Waals surface area (Å²) in [5, 5.41) is 3.97. The van der Waals surface area contributed by atoms with Crippen LogP contribution in [0.1, 0.15) is 41.1 Å². The average Bonchev–Trinajstić information content (AvgIpc) is 2.57. The fraction of sp³-hybridized carbons (Fsp3) is 0.294. The van der Waals surface area contributed by atoms with Crippen LogP contribution in [0.5, 0.6) is 0 Å². The van der Waals surface area contributed by atoms with Gasteiger partial charge in [-0.05, 0) is 31.5 Å². The van der Waals surface area contributed by atoms with Gasteiger partial charge in [-0.3, -0.25) is 9.59 Å². The second kappa shape index (κ2) is 8.01.